The van der Waals surface area contributed by atoms with Gasteiger partial charge in [0.1, 0.15) is 5.78 Å². The van der Waals surface area contributed by atoms with E-state index >= 15 is 0 Å². The third-order valence-electron chi connectivity index (χ3n) is 2.01. The van der Waals surface area contributed by atoms with Crippen molar-refractivity contribution in [2.45, 2.75) is 46.0 Å². The number of hydrogen-bond acceptors (Lipinski definition) is 1. The van der Waals surface area contributed by atoms with Crippen LogP contribution in [0.25, 0.3) is 0 Å². The number of Topliss-reactive ketones (excluding diaryl/α,β-unsaturated/α-hetero) is 1. The maximum Gasteiger partial charge on any atom is 0.133 e. The second kappa shape index (κ2) is 7.08. The maximum absolute atomic E-state index is 11.2. The van der Waals surface area contributed by atoms with Gasteiger partial charge in [0.15, 0.2) is 0 Å². The molecule has 0 saturated heterocycles. The molecule has 0 aromatic rings. The fraction of sp³-hybridized carbons (Fsp3) is 0.727. The molecular formula is C11H20O. The van der Waals surface area contributed by atoms with E-state index in [1.54, 1.807) is 0 Å². The number of carbonyl (C=O) groups excluding carboxylic acids is 1. The van der Waals surface area contributed by atoms with Gasteiger partial charge in [-0.3, -0.25) is 4.79 Å². The minimum absolute atomic E-state index is 0.346. The lowest BCUT2D eigenvalue weighted by Crippen LogP contribution is -2.02. The first-order chi connectivity index (χ1) is 5.70. The molecule has 0 aromatic heterocycles. The summed E-state index contributed by atoms with van der Waals surface area (Å²) in [6.45, 7) is 7.84. The van der Waals surface area contributed by atoms with Crippen LogP contribution in [0.3, 0.4) is 0 Å². The number of carbonyl (C=O) groups is 1. The number of ketones is 1. The van der Waals surface area contributed by atoms with Gasteiger partial charge < -0.3 is 0 Å². The van der Waals surface area contributed by atoms with E-state index in [1.165, 1.54) is 12.8 Å². The normalized spacial score (nSPS) is 12.5. The number of rotatable bonds is 7. The van der Waals surface area contributed by atoms with Crippen molar-refractivity contribution in [2.75, 3.05) is 0 Å². The van der Waals surface area contributed by atoms with Crippen molar-refractivity contribution >= 4 is 5.78 Å². The molecule has 12 heavy (non-hydrogen) atoms. The van der Waals surface area contributed by atoms with Gasteiger partial charge in [0.05, 0.1) is 0 Å². The van der Waals surface area contributed by atoms with Crippen LogP contribution in [0, 0.1) is 5.92 Å². The lowest BCUT2D eigenvalue weighted by Gasteiger charge is -2.03. The second-order valence-corrected chi connectivity index (χ2v) is 3.41. The van der Waals surface area contributed by atoms with Crippen LogP contribution in [-0.4, -0.2) is 5.78 Å². The minimum Gasteiger partial charge on any atom is -0.300 e. The Kier molecular flexibility index (Phi) is 6.73. The first-order valence-electron chi connectivity index (χ1n) is 4.85. The Hall–Kier alpha value is -0.590. The van der Waals surface area contributed by atoms with E-state index in [0.717, 1.165) is 12.8 Å². The first-order valence-corrected chi connectivity index (χ1v) is 4.85. The van der Waals surface area contributed by atoms with Gasteiger partial charge in [-0.2, -0.15) is 0 Å². The third-order valence-corrected chi connectivity index (χ3v) is 2.01. The summed E-state index contributed by atoms with van der Waals surface area (Å²) in [6.07, 6.45) is 6.69. The summed E-state index contributed by atoms with van der Waals surface area (Å²) < 4.78 is 0. The molecule has 0 aliphatic rings. The van der Waals surface area contributed by atoms with E-state index in [0.29, 0.717) is 18.1 Å². The highest BCUT2D eigenvalue weighted by atomic mass is 16.1. The van der Waals surface area contributed by atoms with Gasteiger partial charge in [-0.25, -0.2) is 0 Å². The SMILES string of the molecule is C=C[C@H](C)CC(=O)CCCCC. The van der Waals surface area contributed by atoms with Gasteiger partial charge in [-0.05, 0) is 12.3 Å². The summed E-state index contributed by atoms with van der Waals surface area (Å²) in [5.74, 6) is 0.731. The predicted molar refractivity (Wildman–Crippen MR) is 53.1 cm³/mol. The van der Waals surface area contributed by atoms with Crippen molar-refractivity contribution < 1.29 is 4.79 Å². The lowest BCUT2D eigenvalue weighted by molar-refractivity contribution is -0.119. The standard InChI is InChI=1S/C11H20O/c1-4-6-7-8-11(12)9-10(3)5-2/h5,10H,2,4,6-9H2,1,3H3/t10-/m0/s1. The molecule has 0 aromatic carbocycles. The van der Waals surface area contributed by atoms with Crippen LogP contribution in [0.1, 0.15) is 46.0 Å². The molecule has 0 amide bonds. The molecule has 0 bridgehead atoms. The van der Waals surface area contributed by atoms with Gasteiger partial charge in [0, 0.05) is 12.8 Å². The fourth-order valence-electron chi connectivity index (χ4n) is 1.12. The minimum atomic E-state index is 0.346. The quantitative estimate of drug-likeness (QED) is 0.421. The van der Waals surface area contributed by atoms with Gasteiger partial charge in [-0.1, -0.05) is 32.8 Å². The molecule has 0 fully saturated rings. The van der Waals surface area contributed by atoms with Crippen LogP contribution < -0.4 is 0 Å². The maximum atomic E-state index is 11.2. The molecule has 1 atom stereocenters. The smallest absolute Gasteiger partial charge is 0.133 e. The summed E-state index contributed by atoms with van der Waals surface area (Å²) in [4.78, 5) is 11.2. The van der Waals surface area contributed by atoms with Crippen LogP contribution >= 0.6 is 0 Å². The van der Waals surface area contributed by atoms with E-state index in [1.807, 2.05) is 13.0 Å². The Bertz CT molecular complexity index is 138. The van der Waals surface area contributed by atoms with Gasteiger partial charge in [0.2, 0.25) is 0 Å². The zero-order chi connectivity index (χ0) is 9.40. The molecule has 1 nitrogen and oxygen atoms in total. The third kappa shape index (κ3) is 6.14. The molecule has 0 rings (SSSR count). The Morgan fingerprint density at radius 1 is 1.50 bits per heavy atom. The molecule has 0 radical (unpaired) electrons. The van der Waals surface area contributed by atoms with Crippen LogP contribution in [-0.2, 0) is 4.79 Å². The Morgan fingerprint density at radius 2 is 2.17 bits per heavy atom. The fourth-order valence-corrected chi connectivity index (χ4v) is 1.12. The van der Waals surface area contributed by atoms with Crippen molar-refractivity contribution in [2.24, 2.45) is 5.92 Å². The van der Waals surface area contributed by atoms with Gasteiger partial charge in [0.25, 0.3) is 0 Å². The van der Waals surface area contributed by atoms with Gasteiger partial charge in [-0.15, -0.1) is 6.58 Å². The molecule has 0 N–H and O–H groups in total. The van der Waals surface area contributed by atoms with Crippen LogP contribution in [0.5, 0.6) is 0 Å². The van der Waals surface area contributed by atoms with Crippen molar-refractivity contribution in [3.05, 3.63) is 12.7 Å². The average Bonchev–Trinajstić information content (AvgIpc) is 2.05. The van der Waals surface area contributed by atoms with E-state index in [2.05, 4.69) is 13.5 Å². The molecule has 1 heteroatoms. The largest absolute Gasteiger partial charge is 0.300 e. The second-order valence-electron chi connectivity index (χ2n) is 3.41. The van der Waals surface area contributed by atoms with Crippen LogP contribution in [0.15, 0.2) is 12.7 Å². The lowest BCUT2D eigenvalue weighted by atomic mass is 10.0. The molecular weight excluding hydrogens is 148 g/mol. The molecule has 0 aliphatic heterocycles. The highest BCUT2D eigenvalue weighted by Crippen LogP contribution is 2.08. The highest BCUT2D eigenvalue weighted by molar-refractivity contribution is 5.78. The average molecular weight is 168 g/mol. The predicted octanol–water partition coefficient (Wildman–Crippen LogP) is 3.35. The van der Waals surface area contributed by atoms with E-state index in [-0.39, 0.29) is 0 Å². The summed E-state index contributed by atoms with van der Waals surface area (Å²) in [7, 11) is 0. The summed E-state index contributed by atoms with van der Waals surface area (Å²) in [5.41, 5.74) is 0. The summed E-state index contributed by atoms with van der Waals surface area (Å²) in [6, 6.07) is 0. The Morgan fingerprint density at radius 3 is 2.67 bits per heavy atom. The van der Waals surface area contributed by atoms with Crippen molar-refractivity contribution in [3.8, 4) is 0 Å². The molecule has 0 heterocycles. The molecule has 0 unspecified atom stereocenters. The van der Waals surface area contributed by atoms with Crippen molar-refractivity contribution in [3.63, 3.8) is 0 Å². The molecule has 0 saturated carbocycles. The molecule has 0 spiro atoms. The zero-order valence-electron chi connectivity index (χ0n) is 8.31. The topological polar surface area (TPSA) is 17.1 Å². The van der Waals surface area contributed by atoms with E-state index in [9.17, 15) is 4.79 Å². The van der Waals surface area contributed by atoms with E-state index in [4.69, 9.17) is 0 Å². The summed E-state index contributed by atoms with van der Waals surface area (Å²) in [5, 5.41) is 0. The first kappa shape index (κ1) is 11.4. The summed E-state index contributed by atoms with van der Waals surface area (Å²) >= 11 is 0. The number of unbranched alkanes of at least 4 members (excludes halogenated alkanes) is 2. The number of hydrogen-bond donors (Lipinski definition) is 0. The van der Waals surface area contributed by atoms with E-state index < -0.39 is 0 Å². The zero-order valence-corrected chi connectivity index (χ0v) is 8.31. The van der Waals surface area contributed by atoms with Crippen molar-refractivity contribution in [1.29, 1.82) is 0 Å². The van der Waals surface area contributed by atoms with Crippen LogP contribution in [0.2, 0.25) is 0 Å². The number of allylic oxidation sites excluding steroid dienone is 1. The monoisotopic (exact) mass is 168 g/mol. The highest BCUT2D eigenvalue weighted by Gasteiger charge is 2.04. The van der Waals surface area contributed by atoms with Crippen molar-refractivity contribution in [1.82, 2.24) is 0 Å². The Balaban J connectivity index is 3.39. The van der Waals surface area contributed by atoms with Gasteiger partial charge >= 0.3 is 0 Å². The van der Waals surface area contributed by atoms with Crippen LogP contribution in [0.4, 0.5) is 0 Å². The molecule has 70 valence electrons. The Labute approximate surface area is 75.9 Å². The molecule has 0 aliphatic carbocycles.